The topological polar surface area (TPSA) is 119 Å². The number of fused-ring (bicyclic) bond motifs is 1. The first-order valence-corrected chi connectivity index (χ1v) is 12.5. The van der Waals surface area contributed by atoms with Crippen LogP contribution < -0.4 is 20.1 Å². The summed E-state index contributed by atoms with van der Waals surface area (Å²) in [6.07, 6.45) is -0.0688. The van der Waals surface area contributed by atoms with E-state index >= 15 is 0 Å². The van der Waals surface area contributed by atoms with Gasteiger partial charge in [0.25, 0.3) is 0 Å². The monoisotopic (exact) mass is 513 g/mol. The van der Waals surface area contributed by atoms with Crippen LogP contribution >= 0.6 is 0 Å². The minimum atomic E-state index is -0.805. The smallest absolute Gasteiger partial charge is 0.322 e. The standard InChI is InChI=1S/C27H35N3O7/c1-34-21-9-7-19(8-10-21)29-27(33)30-15-20(31)16-36-17-25-23(30)12-11-22(37-25)13-26(32)28-14-18-5-3-4-6-24(18)35-2/h3-10,20,22-23,25,31H,11-17H2,1-2H3,(H,28,32)(H,29,33)/t20-,22-,23-,25+/m1/s1. The van der Waals surface area contributed by atoms with Gasteiger partial charge in [-0.05, 0) is 43.2 Å². The summed E-state index contributed by atoms with van der Waals surface area (Å²) in [7, 11) is 3.18. The Kier molecular flexibility index (Phi) is 9.21. The number of carbonyl (C=O) groups is 2. The Balaban J connectivity index is 1.35. The molecule has 2 aromatic carbocycles. The number of ether oxygens (including phenoxy) is 4. The molecule has 10 heteroatoms. The van der Waals surface area contributed by atoms with Crippen LogP contribution in [0.5, 0.6) is 11.5 Å². The second kappa shape index (κ2) is 12.8. The molecule has 37 heavy (non-hydrogen) atoms. The second-order valence-electron chi connectivity index (χ2n) is 9.24. The normalized spacial score (nSPS) is 23.7. The van der Waals surface area contributed by atoms with Gasteiger partial charge >= 0.3 is 6.03 Å². The SMILES string of the molecule is COc1ccc(NC(=O)N2C[C@@H](O)COC[C@@H]3O[C@@H](CC(=O)NCc4ccccc4OC)CC[C@H]32)cc1. The minimum absolute atomic E-state index is 0.100. The second-order valence-corrected chi connectivity index (χ2v) is 9.24. The van der Waals surface area contributed by atoms with Crippen LogP contribution in [0.1, 0.15) is 24.8 Å². The number of hydrogen-bond acceptors (Lipinski definition) is 7. The van der Waals surface area contributed by atoms with Crippen LogP contribution in [0.25, 0.3) is 0 Å². The summed E-state index contributed by atoms with van der Waals surface area (Å²) in [5, 5.41) is 16.2. The molecule has 0 aliphatic carbocycles. The highest BCUT2D eigenvalue weighted by Gasteiger charge is 2.40. The maximum Gasteiger partial charge on any atom is 0.322 e. The lowest BCUT2D eigenvalue weighted by Crippen LogP contribution is -2.58. The molecule has 10 nitrogen and oxygen atoms in total. The molecule has 2 saturated heterocycles. The van der Waals surface area contributed by atoms with Crippen molar-refractivity contribution in [2.24, 2.45) is 0 Å². The van der Waals surface area contributed by atoms with Crippen molar-refractivity contribution in [1.82, 2.24) is 10.2 Å². The molecule has 0 bridgehead atoms. The molecule has 2 heterocycles. The Hall–Kier alpha value is -3.34. The number of aliphatic hydroxyl groups excluding tert-OH is 1. The summed E-state index contributed by atoms with van der Waals surface area (Å²) in [6, 6.07) is 14.0. The number of benzene rings is 2. The van der Waals surface area contributed by atoms with Crippen LogP contribution in [0, 0.1) is 0 Å². The molecule has 3 amide bonds. The Labute approximate surface area is 216 Å². The van der Waals surface area contributed by atoms with Crippen molar-refractivity contribution in [1.29, 1.82) is 0 Å². The molecule has 0 unspecified atom stereocenters. The number of aliphatic hydroxyl groups is 1. The van der Waals surface area contributed by atoms with Crippen LogP contribution in [0.15, 0.2) is 48.5 Å². The van der Waals surface area contributed by atoms with Crippen molar-refractivity contribution in [2.45, 2.75) is 50.2 Å². The van der Waals surface area contributed by atoms with Gasteiger partial charge in [0.2, 0.25) is 5.91 Å². The van der Waals surface area contributed by atoms with E-state index in [2.05, 4.69) is 10.6 Å². The highest BCUT2D eigenvalue weighted by Crippen LogP contribution is 2.28. The van der Waals surface area contributed by atoms with Gasteiger partial charge < -0.3 is 39.6 Å². The van der Waals surface area contributed by atoms with E-state index in [9.17, 15) is 14.7 Å². The summed E-state index contributed by atoms with van der Waals surface area (Å²) in [6.45, 7) is 0.814. The number of anilines is 1. The van der Waals surface area contributed by atoms with Crippen molar-refractivity contribution in [3.05, 3.63) is 54.1 Å². The molecule has 0 spiro atoms. The molecule has 0 saturated carbocycles. The summed E-state index contributed by atoms with van der Waals surface area (Å²) >= 11 is 0. The first-order chi connectivity index (χ1) is 18.0. The number of methoxy groups -OCH3 is 2. The number of carbonyl (C=O) groups excluding carboxylic acids is 2. The van der Waals surface area contributed by atoms with Gasteiger partial charge in [-0.3, -0.25) is 4.79 Å². The first kappa shape index (κ1) is 26.7. The van der Waals surface area contributed by atoms with E-state index in [-0.39, 0.29) is 50.3 Å². The van der Waals surface area contributed by atoms with E-state index in [1.807, 2.05) is 24.3 Å². The van der Waals surface area contributed by atoms with E-state index < -0.39 is 12.2 Å². The van der Waals surface area contributed by atoms with Gasteiger partial charge in [0.1, 0.15) is 17.6 Å². The van der Waals surface area contributed by atoms with Gasteiger partial charge in [-0.1, -0.05) is 18.2 Å². The Morgan fingerprint density at radius 2 is 1.84 bits per heavy atom. The molecule has 200 valence electrons. The number of para-hydroxylation sites is 1. The van der Waals surface area contributed by atoms with Crippen molar-refractivity contribution in [3.63, 3.8) is 0 Å². The Morgan fingerprint density at radius 1 is 1.05 bits per heavy atom. The maximum absolute atomic E-state index is 13.2. The average molecular weight is 514 g/mol. The predicted molar refractivity (Wildman–Crippen MR) is 137 cm³/mol. The number of urea groups is 1. The summed E-state index contributed by atoms with van der Waals surface area (Å²) in [5.74, 6) is 1.29. The van der Waals surface area contributed by atoms with Crippen LogP contribution in [0.3, 0.4) is 0 Å². The maximum atomic E-state index is 13.2. The Morgan fingerprint density at radius 3 is 2.59 bits per heavy atom. The van der Waals surface area contributed by atoms with Crippen LogP contribution in [-0.4, -0.2) is 80.3 Å². The molecule has 2 aromatic rings. The van der Waals surface area contributed by atoms with Crippen molar-refractivity contribution in [2.75, 3.05) is 39.3 Å². The molecule has 2 aliphatic heterocycles. The first-order valence-electron chi connectivity index (χ1n) is 12.5. The predicted octanol–water partition coefficient (Wildman–Crippen LogP) is 2.55. The zero-order valence-corrected chi connectivity index (χ0v) is 21.2. The third kappa shape index (κ3) is 7.12. The molecule has 2 fully saturated rings. The van der Waals surface area contributed by atoms with E-state index in [0.717, 1.165) is 11.3 Å². The van der Waals surface area contributed by atoms with Gasteiger partial charge in [0.05, 0.1) is 58.6 Å². The zero-order valence-electron chi connectivity index (χ0n) is 21.2. The Bertz CT molecular complexity index is 1050. The van der Waals surface area contributed by atoms with Gasteiger partial charge in [0, 0.05) is 17.8 Å². The van der Waals surface area contributed by atoms with E-state index in [4.69, 9.17) is 18.9 Å². The number of hydrogen-bond donors (Lipinski definition) is 3. The van der Waals surface area contributed by atoms with Crippen LogP contribution in [0.4, 0.5) is 10.5 Å². The quantitative estimate of drug-likeness (QED) is 0.521. The molecule has 3 N–H and O–H groups in total. The fourth-order valence-corrected chi connectivity index (χ4v) is 4.77. The number of nitrogens with one attached hydrogen (secondary N) is 2. The fourth-order valence-electron chi connectivity index (χ4n) is 4.77. The largest absolute Gasteiger partial charge is 0.497 e. The molecule has 4 rings (SSSR count). The summed E-state index contributed by atoms with van der Waals surface area (Å²) in [5.41, 5.74) is 1.52. The van der Waals surface area contributed by atoms with Crippen molar-refractivity contribution in [3.8, 4) is 11.5 Å². The molecule has 0 aromatic heterocycles. The lowest BCUT2D eigenvalue weighted by atomic mass is 9.95. The molecule has 4 atom stereocenters. The number of amides is 3. The van der Waals surface area contributed by atoms with E-state index in [0.29, 0.717) is 30.8 Å². The number of nitrogens with zero attached hydrogens (tertiary/aromatic N) is 1. The lowest BCUT2D eigenvalue weighted by Gasteiger charge is -2.44. The molecule has 0 radical (unpaired) electrons. The van der Waals surface area contributed by atoms with Crippen LogP contribution in [-0.2, 0) is 20.8 Å². The van der Waals surface area contributed by atoms with Gasteiger partial charge in [0.15, 0.2) is 0 Å². The van der Waals surface area contributed by atoms with Gasteiger partial charge in [-0.25, -0.2) is 4.79 Å². The van der Waals surface area contributed by atoms with Crippen molar-refractivity contribution >= 4 is 17.6 Å². The van der Waals surface area contributed by atoms with E-state index in [1.165, 1.54) is 0 Å². The van der Waals surface area contributed by atoms with Crippen LogP contribution in [0.2, 0.25) is 0 Å². The number of β-amino-alcohol motifs (C(OH)–C–C–N with tert-alkyl or cyclic N) is 1. The average Bonchev–Trinajstić information content (AvgIpc) is 2.90. The van der Waals surface area contributed by atoms with E-state index in [1.54, 1.807) is 43.4 Å². The molecular weight excluding hydrogens is 478 g/mol. The minimum Gasteiger partial charge on any atom is -0.497 e. The number of rotatable bonds is 7. The van der Waals surface area contributed by atoms with Gasteiger partial charge in [-0.15, -0.1) is 0 Å². The highest BCUT2D eigenvalue weighted by atomic mass is 16.5. The molecule has 2 aliphatic rings. The van der Waals surface area contributed by atoms with Crippen molar-refractivity contribution < 1.29 is 33.6 Å². The zero-order chi connectivity index (χ0) is 26.2. The third-order valence-electron chi connectivity index (χ3n) is 6.66. The summed E-state index contributed by atoms with van der Waals surface area (Å²) < 4.78 is 22.4. The lowest BCUT2D eigenvalue weighted by molar-refractivity contribution is -0.149. The third-order valence-corrected chi connectivity index (χ3v) is 6.66. The fraction of sp³-hybridized carbons (Fsp3) is 0.481. The molecular formula is C27H35N3O7. The van der Waals surface area contributed by atoms with Gasteiger partial charge in [-0.2, -0.15) is 0 Å². The summed E-state index contributed by atoms with van der Waals surface area (Å²) in [4.78, 5) is 27.5. The highest BCUT2D eigenvalue weighted by molar-refractivity contribution is 5.89.